The third-order valence-electron chi connectivity index (χ3n) is 6.80. The minimum Gasteiger partial charge on any atom is -0.0613 e. The first-order chi connectivity index (χ1) is 17.1. The summed E-state index contributed by atoms with van der Waals surface area (Å²) in [6, 6.07) is 37.6. The second-order valence-corrected chi connectivity index (χ2v) is 14.0. The van der Waals surface area contributed by atoms with E-state index in [-0.39, 0.29) is 0 Å². The average molecular weight is 497 g/mol. The molecule has 0 aliphatic carbocycles. The summed E-state index contributed by atoms with van der Waals surface area (Å²) < 4.78 is 0. The second-order valence-electron chi connectivity index (χ2n) is 9.09. The van der Waals surface area contributed by atoms with Gasteiger partial charge in [-0.3, -0.25) is 0 Å². The maximum atomic E-state index is 2.47. The number of hydrogen-bond acceptors (Lipinski definition) is 0. The summed E-state index contributed by atoms with van der Waals surface area (Å²) in [4.78, 5) is 0. The van der Waals surface area contributed by atoms with Crippen molar-refractivity contribution in [1.29, 1.82) is 0 Å². The van der Waals surface area contributed by atoms with E-state index in [1.807, 2.05) is 0 Å². The Kier molecular flexibility index (Phi) is 9.31. The van der Waals surface area contributed by atoms with Crippen molar-refractivity contribution in [2.45, 2.75) is 53.4 Å². The highest BCUT2D eigenvalue weighted by Gasteiger charge is 2.23. The molecule has 4 rings (SSSR count). The molecule has 0 nitrogen and oxygen atoms in total. The zero-order chi connectivity index (χ0) is 24.6. The van der Waals surface area contributed by atoms with Gasteiger partial charge in [0.1, 0.15) is 0 Å². The maximum Gasteiger partial charge on any atom is 0.00405 e. The Hall–Kier alpha value is -2.26. The van der Waals surface area contributed by atoms with Crippen LogP contribution in [0.15, 0.2) is 97.1 Å². The van der Waals surface area contributed by atoms with Gasteiger partial charge in [0.25, 0.3) is 0 Å². The average Bonchev–Trinajstić information content (AvgIpc) is 2.93. The van der Waals surface area contributed by atoms with Crippen LogP contribution in [-0.2, 0) is 25.7 Å². The van der Waals surface area contributed by atoms with Crippen LogP contribution < -0.4 is 21.2 Å². The summed E-state index contributed by atoms with van der Waals surface area (Å²) in [6.07, 6.45) is 4.32. The number of rotatable bonds is 10. The van der Waals surface area contributed by atoms with Crippen molar-refractivity contribution in [3.63, 3.8) is 0 Å². The fourth-order valence-corrected chi connectivity index (χ4v) is 11.2. The van der Waals surface area contributed by atoms with Crippen LogP contribution in [0.2, 0.25) is 0 Å². The largest absolute Gasteiger partial charge is 0.0613 e. The van der Waals surface area contributed by atoms with Gasteiger partial charge >= 0.3 is 0 Å². The van der Waals surface area contributed by atoms with Crippen LogP contribution in [0.5, 0.6) is 0 Å². The lowest BCUT2D eigenvalue weighted by Crippen LogP contribution is -2.21. The zero-order valence-electron chi connectivity index (χ0n) is 21.7. The van der Waals surface area contributed by atoms with E-state index in [0.29, 0.717) is 0 Å². The lowest BCUT2D eigenvalue weighted by molar-refractivity contribution is 1.14. The molecule has 0 spiro atoms. The Morgan fingerprint density at radius 3 is 0.886 bits per heavy atom. The van der Waals surface area contributed by atoms with E-state index >= 15 is 0 Å². The molecule has 0 atom stereocenters. The van der Waals surface area contributed by atoms with Crippen molar-refractivity contribution < 1.29 is 0 Å². The highest BCUT2D eigenvalue weighted by molar-refractivity contribution is 7.88. The normalized spacial score (nSPS) is 11.4. The van der Waals surface area contributed by atoms with E-state index in [2.05, 4.69) is 125 Å². The first-order valence-electron chi connectivity index (χ1n) is 13.1. The first-order valence-corrected chi connectivity index (χ1v) is 16.1. The van der Waals surface area contributed by atoms with Crippen LogP contribution in [0.25, 0.3) is 0 Å². The van der Waals surface area contributed by atoms with E-state index in [0.717, 1.165) is 25.7 Å². The monoisotopic (exact) mass is 496 g/mol. The van der Waals surface area contributed by atoms with Gasteiger partial charge in [-0.15, -0.1) is 0 Å². The molecular formula is C33H38P2. The van der Waals surface area contributed by atoms with E-state index < -0.39 is 15.8 Å². The molecule has 2 heteroatoms. The van der Waals surface area contributed by atoms with Crippen molar-refractivity contribution in [3.05, 3.63) is 119 Å². The molecular weight excluding hydrogens is 458 g/mol. The third kappa shape index (κ3) is 6.50. The number of aryl methyl sites for hydroxylation is 4. The van der Waals surface area contributed by atoms with Crippen LogP contribution in [-0.4, -0.2) is 5.90 Å². The molecule has 35 heavy (non-hydrogen) atoms. The predicted octanol–water partition coefficient (Wildman–Crippen LogP) is 7.46. The van der Waals surface area contributed by atoms with Crippen LogP contribution in [0.4, 0.5) is 0 Å². The summed E-state index contributed by atoms with van der Waals surface area (Å²) in [5.74, 6) is 1.19. The predicted molar refractivity (Wildman–Crippen MR) is 161 cm³/mol. The highest BCUT2D eigenvalue weighted by atomic mass is 31.2. The fraction of sp³-hybridized carbons (Fsp3) is 0.273. The molecule has 0 saturated carbocycles. The van der Waals surface area contributed by atoms with Gasteiger partial charge in [-0.05, 0) is 85.0 Å². The van der Waals surface area contributed by atoms with E-state index in [1.54, 1.807) is 0 Å². The number of benzene rings is 4. The molecule has 0 N–H and O–H groups in total. The number of hydrogen-bond donors (Lipinski definition) is 0. The minimum atomic E-state index is -0.480. The van der Waals surface area contributed by atoms with E-state index in [4.69, 9.17) is 0 Å². The molecule has 0 amide bonds. The molecule has 0 heterocycles. The molecule has 0 unspecified atom stereocenters. The van der Waals surface area contributed by atoms with Crippen molar-refractivity contribution >= 4 is 37.1 Å². The Bertz CT molecular complexity index is 1050. The maximum absolute atomic E-state index is 2.47. The molecule has 0 aromatic heterocycles. The van der Waals surface area contributed by atoms with Gasteiger partial charge in [-0.25, -0.2) is 0 Å². The molecule has 180 valence electrons. The van der Waals surface area contributed by atoms with Crippen molar-refractivity contribution in [3.8, 4) is 0 Å². The molecule has 0 radical (unpaired) electrons. The van der Waals surface area contributed by atoms with Crippen LogP contribution in [0, 0.1) is 0 Å². The molecule has 0 fully saturated rings. The third-order valence-corrected chi connectivity index (χ3v) is 12.7. The molecule has 4 aromatic rings. The van der Waals surface area contributed by atoms with Gasteiger partial charge in [0.15, 0.2) is 0 Å². The molecule has 0 bridgehead atoms. The lowest BCUT2D eigenvalue weighted by atomic mass is 10.2. The van der Waals surface area contributed by atoms with Crippen LogP contribution in [0.1, 0.15) is 49.9 Å². The van der Waals surface area contributed by atoms with Gasteiger partial charge in [0.05, 0.1) is 0 Å². The first kappa shape index (κ1) is 25.8. The molecule has 4 aromatic carbocycles. The fourth-order valence-electron chi connectivity index (χ4n) is 4.54. The van der Waals surface area contributed by atoms with Gasteiger partial charge in [-0.1, -0.05) is 125 Å². The lowest BCUT2D eigenvalue weighted by Gasteiger charge is -2.27. The standard InChI is InChI=1S/C33H38P2/c1-5-26-13-9-17-30(21-26)34(31-18-10-14-27(6-2)22-31)25-35(32-19-11-15-28(7-3)23-32)33-20-12-16-29(8-4)24-33/h9-24H,5-8,25H2,1-4H3. The summed E-state index contributed by atoms with van der Waals surface area (Å²) in [5, 5.41) is 6.05. The molecule has 0 aliphatic rings. The molecule has 0 aliphatic heterocycles. The van der Waals surface area contributed by atoms with Crippen LogP contribution in [0.3, 0.4) is 0 Å². The Morgan fingerprint density at radius 1 is 0.400 bits per heavy atom. The van der Waals surface area contributed by atoms with E-state index in [9.17, 15) is 0 Å². The summed E-state index contributed by atoms with van der Waals surface area (Å²) in [5.41, 5.74) is 5.75. The minimum absolute atomic E-state index is 0.480. The van der Waals surface area contributed by atoms with Crippen molar-refractivity contribution in [2.75, 3.05) is 5.90 Å². The molecule has 0 saturated heterocycles. The zero-order valence-corrected chi connectivity index (χ0v) is 23.5. The van der Waals surface area contributed by atoms with E-state index in [1.165, 1.54) is 49.4 Å². The topological polar surface area (TPSA) is 0 Å². The van der Waals surface area contributed by atoms with Crippen LogP contribution >= 0.6 is 15.8 Å². The van der Waals surface area contributed by atoms with Gasteiger partial charge in [0, 0.05) is 5.90 Å². The Labute approximate surface area is 215 Å². The summed E-state index contributed by atoms with van der Waals surface area (Å²) in [7, 11) is -0.961. The second kappa shape index (κ2) is 12.6. The summed E-state index contributed by atoms with van der Waals surface area (Å²) >= 11 is 0. The Morgan fingerprint density at radius 2 is 0.657 bits per heavy atom. The Balaban J connectivity index is 1.85. The van der Waals surface area contributed by atoms with Crippen molar-refractivity contribution in [1.82, 2.24) is 0 Å². The van der Waals surface area contributed by atoms with Crippen molar-refractivity contribution in [2.24, 2.45) is 0 Å². The SMILES string of the molecule is CCc1cccc(P(CP(c2cccc(CC)c2)c2cccc(CC)c2)c2cccc(CC)c2)c1. The summed E-state index contributed by atoms with van der Waals surface area (Å²) in [6.45, 7) is 9.05. The van der Waals surface area contributed by atoms with Gasteiger partial charge in [-0.2, -0.15) is 0 Å². The highest BCUT2D eigenvalue weighted by Crippen LogP contribution is 2.49. The van der Waals surface area contributed by atoms with Gasteiger partial charge < -0.3 is 0 Å². The smallest absolute Gasteiger partial charge is 0.00405 e. The quantitative estimate of drug-likeness (QED) is 0.200. The van der Waals surface area contributed by atoms with Gasteiger partial charge in [0.2, 0.25) is 0 Å².